The Bertz CT molecular complexity index is 1270. The largest absolute Gasteiger partial charge is 0.399 e. The molecular weight excluding hydrogens is 380 g/mol. The van der Waals surface area contributed by atoms with Crippen molar-refractivity contribution in [1.29, 1.82) is 0 Å². The summed E-state index contributed by atoms with van der Waals surface area (Å²) in [6, 6.07) is 13.4. The normalized spacial score (nSPS) is 10.9. The number of nitrogens with two attached hydrogens (primary N) is 1. The van der Waals surface area contributed by atoms with Crippen LogP contribution in [0.4, 0.5) is 23.0 Å². The maximum atomic E-state index is 7.17. The van der Waals surface area contributed by atoms with Gasteiger partial charge in [-0.3, -0.25) is 4.68 Å². The quantitative estimate of drug-likeness (QED) is 0.291. The molecule has 9 heteroatoms. The second-order valence-corrected chi connectivity index (χ2v) is 6.42. The number of rotatable bonds is 6. The van der Waals surface area contributed by atoms with Gasteiger partial charge >= 0.3 is 0 Å². The maximum absolute atomic E-state index is 7.17. The molecule has 0 radical (unpaired) electrons. The van der Waals surface area contributed by atoms with Gasteiger partial charge in [0.1, 0.15) is 25.1 Å². The smallest absolute Gasteiger partial charge is 0.187 e. The van der Waals surface area contributed by atoms with E-state index in [0.29, 0.717) is 29.4 Å². The van der Waals surface area contributed by atoms with Crippen molar-refractivity contribution in [3.8, 4) is 0 Å². The molecular formula is C21H18N8O. The minimum atomic E-state index is 0.295. The van der Waals surface area contributed by atoms with Gasteiger partial charge in [-0.1, -0.05) is 29.4 Å². The average Bonchev–Trinajstić information content (AvgIpc) is 3.15. The lowest BCUT2D eigenvalue weighted by Crippen LogP contribution is -2.05. The molecule has 4 aromatic rings. The maximum Gasteiger partial charge on any atom is 0.187 e. The topological polar surface area (TPSA) is 108 Å². The van der Waals surface area contributed by atoms with E-state index in [2.05, 4.69) is 30.4 Å². The van der Waals surface area contributed by atoms with Gasteiger partial charge in [0.05, 0.1) is 36.6 Å². The van der Waals surface area contributed by atoms with Crippen molar-refractivity contribution in [2.75, 3.05) is 18.2 Å². The van der Waals surface area contributed by atoms with Crippen LogP contribution in [-0.4, -0.2) is 33.1 Å². The van der Waals surface area contributed by atoms with E-state index in [1.165, 1.54) is 19.7 Å². The Hall–Kier alpha value is -4.45. The fourth-order valence-corrected chi connectivity index (χ4v) is 3.07. The second-order valence-electron chi connectivity index (χ2n) is 6.42. The zero-order chi connectivity index (χ0) is 20.9. The summed E-state index contributed by atoms with van der Waals surface area (Å²) in [6.07, 6.45) is 4.65. The average molecular weight is 398 g/mol. The fraction of sp³-hybridized carbons (Fsp3) is 0.0952. The third-order valence-corrected chi connectivity index (χ3v) is 4.48. The first kappa shape index (κ1) is 18.9. The first-order chi connectivity index (χ1) is 14.7. The van der Waals surface area contributed by atoms with Crippen molar-refractivity contribution in [2.24, 2.45) is 5.16 Å². The van der Waals surface area contributed by atoms with Crippen LogP contribution in [0.15, 0.2) is 60.1 Å². The molecule has 0 aliphatic carbocycles. The summed E-state index contributed by atoms with van der Waals surface area (Å²) in [4.78, 5) is 16.5. The molecule has 2 aromatic carbocycles. The molecule has 0 aliphatic rings. The first-order valence-corrected chi connectivity index (χ1v) is 9.04. The van der Waals surface area contributed by atoms with Gasteiger partial charge in [-0.05, 0) is 23.8 Å². The monoisotopic (exact) mass is 398 g/mol. The molecule has 0 saturated carbocycles. The number of fused-ring (bicyclic) bond motifs is 1. The molecule has 0 bridgehead atoms. The van der Waals surface area contributed by atoms with E-state index in [4.69, 9.17) is 17.1 Å². The third-order valence-electron chi connectivity index (χ3n) is 4.48. The van der Waals surface area contributed by atoms with Crippen LogP contribution in [0.1, 0.15) is 11.1 Å². The molecule has 0 amide bonds. The molecule has 2 aromatic heterocycles. The molecule has 148 valence electrons. The van der Waals surface area contributed by atoms with Crippen LogP contribution in [0.25, 0.3) is 15.7 Å². The molecule has 9 nitrogen and oxygen atoms in total. The standard InChI is InChI=1S/C21H18N8O/c1-23-16-5-3-4-14(8-16)12-29-19-7-6-17(9-15(19)10-26-29)28-21-18(11-27-30-2)20(22)24-13-25-21/h3-11,13H,12H2,2H3,(H3,22,24,25,28)/b27-11+. The number of anilines is 3. The molecule has 0 spiro atoms. The van der Waals surface area contributed by atoms with Crippen LogP contribution in [0, 0.1) is 6.57 Å². The summed E-state index contributed by atoms with van der Waals surface area (Å²) < 4.78 is 1.90. The predicted octanol–water partition coefficient (Wildman–Crippen LogP) is 3.73. The number of oxime groups is 1. The Morgan fingerprint density at radius 1 is 1.27 bits per heavy atom. The van der Waals surface area contributed by atoms with Crippen molar-refractivity contribution in [3.63, 3.8) is 0 Å². The zero-order valence-corrected chi connectivity index (χ0v) is 16.1. The van der Waals surface area contributed by atoms with Gasteiger partial charge in [0.2, 0.25) is 0 Å². The summed E-state index contributed by atoms with van der Waals surface area (Å²) in [5.74, 6) is 0.815. The number of aromatic nitrogens is 4. The molecule has 0 saturated heterocycles. The number of nitrogen functional groups attached to an aromatic ring is 1. The highest BCUT2D eigenvalue weighted by atomic mass is 16.6. The van der Waals surface area contributed by atoms with Gasteiger partial charge in [0.15, 0.2) is 5.69 Å². The fourth-order valence-electron chi connectivity index (χ4n) is 3.07. The van der Waals surface area contributed by atoms with Crippen LogP contribution in [0.5, 0.6) is 0 Å². The van der Waals surface area contributed by atoms with Gasteiger partial charge in [0, 0.05) is 11.1 Å². The summed E-state index contributed by atoms with van der Waals surface area (Å²) in [5.41, 5.74) is 9.92. The first-order valence-electron chi connectivity index (χ1n) is 9.04. The zero-order valence-electron chi connectivity index (χ0n) is 16.1. The van der Waals surface area contributed by atoms with E-state index >= 15 is 0 Å². The molecule has 0 atom stereocenters. The van der Waals surface area contributed by atoms with Gasteiger partial charge < -0.3 is 15.9 Å². The summed E-state index contributed by atoms with van der Waals surface area (Å²) >= 11 is 0. The minimum Gasteiger partial charge on any atom is -0.399 e. The van der Waals surface area contributed by atoms with Crippen LogP contribution < -0.4 is 11.1 Å². The second kappa shape index (κ2) is 8.28. The highest BCUT2D eigenvalue weighted by Gasteiger charge is 2.10. The molecule has 0 unspecified atom stereocenters. The van der Waals surface area contributed by atoms with Crippen molar-refractivity contribution < 1.29 is 4.84 Å². The molecule has 0 aliphatic heterocycles. The van der Waals surface area contributed by atoms with Crippen LogP contribution >= 0.6 is 0 Å². The number of hydrogen-bond donors (Lipinski definition) is 2. The van der Waals surface area contributed by atoms with E-state index < -0.39 is 0 Å². The van der Waals surface area contributed by atoms with E-state index in [0.717, 1.165) is 22.2 Å². The molecule has 3 N–H and O–H groups in total. The minimum absolute atomic E-state index is 0.295. The highest BCUT2D eigenvalue weighted by molar-refractivity contribution is 5.93. The Labute approximate surface area is 172 Å². The van der Waals surface area contributed by atoms with Crippen molar-refractivity contribution >= 4 is 40.1 Å². The summed E-state index contributed by atoms with van der Waals surface area (Å²) in [6.45, 7) is 7.75. The summed E-state index contributed by atoms with van der Waals surface area (Å²) in [7, 11) is 1.45. The van der Waals surface area contributed by atoms with E-state index in [1.807, 2.05) is 41.1 Å². The lowest BCUT2D eigenvalue weighted by Gasteiger charge is -2.10. The number of hydrogen-bond acceptors (Lipinski definition) is 7. The Balaban J connectivity index is 1.61. The van der Waals surface area contributed by atoms with Gasteiger partial charge in [0.25, 0.3) is 0 Å². The highest BCUT2D eigenvalue weighted by Crippen LogP contribution is 2.25. The van der Waals surface area contributed by atoms with E-state index in [1.54, 1.807) is 12.3 Å². The number of nitrogens with zero attached hydrogens (tertiary/aromatic N) is 6. The van der Waals surface area contributed by atoms with Gasteiger partial charge in [-0.15, -0.1) is 0 Å². The van der Waals surface area contributed by atoms with Crippen molar-refractivity contribution in [1.82, 2.24) is 19.7 Å². The molecule has 30 heavy (non-hydrogen) atoms. The van der Waals surface area contributed by atoms with Crippen LogP contribution in [-0.2, 0) is 11.4 Å². The molecule has 4 rings (SSSR count). The van der Waals surface area contributed by atoms with Gasteiger partial charge in [-0.2, -0.15) is 5.10 Å². The van der Waals surface area contributed by atoms with Crippen LogP contribution in [0.3, 0.4) is 0 Å². The Morgan fingerprint density at radius 2 is 2.17 bits per heavy atom. The molecule has 2 heterocycles. The van der Waals surface area contributed by atoms with Crippen molar-refractivity contribution in [2.45, 2.75) is 6.54 Å². The lowest BCUT2D eigenvalue weighted by atomic mass is 10.2. The third kappa shape index (κ3) is 3.88. The Morgan fingerprint density at radius 3 is 3.00 bits per heavy atom. The lowest BCUT2D eigenvalue weighted by molar-refractivity contribution is 0.215. The summed E-state index contributed by atoms with van der Waals surface area (Å²) in [5, 5.41) is 12.5. The van der Waals surface area contributed by atoms with Crippen LogP contribution in [0.2, 0.25) is 0 Å². The molecule has 0 fully saturated rings. The number of nitrogens with one attached hydrogen (secondary N) is 1. The number of benzene rings is 2. The van der Waals surface area contributed by atoms with E-state index in [9.17, 15) is 0 Å². The van der Waals surface area contributed by atoms with Crippen molar-refractivity contribution in [3.05, 3.63) is 77.5 Å². The predicted molar refractivity (Wildman–Crippen MR) is 116 cm³/mol. The SMILES string of the molecule is [C-]#[N+]c1cccc(Cn2ncc3cc(Nc4ncnc(N)c4/C=N/OC)ccc32)c1. The Kier molecular flexibility index (Phi) is 5.21. The van der Waals surface area contributed by atoms with E-state index in [-0.39, 0.29) is 0 Å². The van der Waals surface area contributed by atoms with Gasteiger partial charge in [-0.25, -0.2) is 14.8 Å².